The Balaban J connectivity index is 1.88. The van der Waals surface area contributed by atoms with Crippen molar-refractivity contribution >= 4 is 0 Å². The Hall–Kier alpha value is -0.120. The van der Waals surface area contributed by atoms with Crippen molar-refractivity contribution < 1.29 is 0 Å². The molecule has 1 radical (unpaired) electrons. The SMILES string of the molecule is CC1CNCCN1C1CCCC[N]1. The van der Waals surface area contributed by atoms with Gasteiger partial charge in [0.1, 0.15) is 0 Å². The first-order chi connectivity index (χ1) is 6.38. The highest BCUT2D eigenvalue weighted by molar-refractivity contribution is 4.82. The normalized spacial score (nSPS) is 37.6. The molecule has 2 saturated heterocycles. The molecule has 2 unspecified atom stereocenters. The van der Waals surface area contributed by atoms with Gasteiger partial charge in [0.2, 0.25) is 0 Å². The monoisotopic (exact) mass is 182 g/mol. The molecule has 0 aromatic carbocycles. The molecule has 0 spiro atoms. The van der Waals surface area contributed by atoms with Gasteiger partial charge in [0, 0.05) is 32.2 Å². The maximum absolute atomic E-state index is 4.70. The van der Waals surface area contributed by atoms with Crippen LogP contribution in [0.2, 0.25) is 0 Å². The van der Waals surface area contributed by atoms with Crippen LogP contribution in [0.4, 0.5) is 0 Å². The van der Waals surface area contributed by atoms with Crippen molar-refractivity contribution in [2.24, 2.45) is 0 Å². The standard InChI is InChI=1S/C10H20N3/c1-9-8-11-6-7-13(9)10-4-2-3-5-12-10/h9-11H,2-8H2,1H3. The van der Waals surface area contributed by atoms with Crippen LogP contribution in [0.5, 0.6) is 0 Å². The van der Waals surface area contributed by atoms with Gasteiger partial charge in [0.05, 0.1) is 6.17 Å². The number of rotatable bonds is 1. The molecule has 2 heterocycles. The Labute approximate surface area is 80.9 Å². The van der Waals surface area contributed by atoms with E-state index in [-0.39, 0.29) is 0 Å². The average Bonchev–Trinajstić information content (AvgIpc) is 2.20. The van der Waals surface area contributed by atoms with Crippen molar-refractivity contribution in [3.63, 3.8) is 0 Å². The molecule has 2 atom stereocenters. The third-order valence-electron chi connectivity index (χ3n) is 3.15. The molecule has 0 aromatic heterocycles. The predicted octanol–water partition coefficient (Wildman–Crippen LogP) is 0.394. The molecular weight excluding hydrogens is 162 g/mol. The molecule has 2 aliphatic rings. The molecule has 2 rings (SSSR count). The van der Waals surface area contributed by atoms with E-state index in [1.54, 1.807) is 0 Å². The van der Waals surface area contributed by atoms with E-state index in [0.717, 1.165) is 19.6 Å². The topological polar surface area (TPSA) is 29.4 Å². The largest absolute Gasteiger partial charge is 0.314 e. The fourth-order valence-corrected chi connectivity index (χ4v) is 2.34. The lowest BCUT2D eigenvalue weighted by atomic mass is 10.1. The smallest absolute Gasteiger partial charge is 0.0763 e. The first kappa shape index (κ1) is 9.44. The molecule has 13 heavy (non-hydrogen) atoms. The first-order valence-corrected chi connectivity index (χ1v) is 5.51. The summed E-state index contributed by atoms with van der Waals surface area (Å²) in [6.07, 6.45) is 4.48. The van der Waals surface area contributed by atoms with Gasteiger partial charge in [-0.1, -0.05) is 0 Å². The summed E-state index contributed by atoms with van der Waals surface area (Å²) in [5.41, 5.74) is 0. The maximum atomic E-state index is 4.70. The summed E-state index contributed by atoms with van der Waals surface area (Å²) in [7, 11) is 0. The number of piperazine rings is 1. The van der Waals surface area contributed by atoms with Gasteiger partial charge in [0.15, 0.2) is 0 Å². The Morgan fingerprint density at radius 1 is 1.38 bits per heavy atom. The number of hydrogen-bond donors (Lipinski definition) is 1. The van der Waals surface area contributed by atoms with E-state index in [4.69, 9.17) is 5.32 Å². The van der Waals surface area contributed by atoms with E-state index in [0.29, 0.717) is 12.2 Å². The minimum Gasteiger partial charge on any atom is -0.314 e. The van der Waals surface area contributed by atoms with Gasteiger partial charge < -0.3 is 5.32 Å². The molecule has 2 aliphatic heterocycles. The van der Waals surface area contributed by atoms with E-state index < -0.39 is 0 Å². The highest BCUT2D eigenvalue weighted by Crippen LogP contribution is 2.16. The van der Waals surface area contributed by atoms with Crippen LogP contribution in [-0.4, -0.2) is 43.3 Å². The molecule has 75 valence electrons. The Kier molecular flexibility index (Phi) is 3.19. The molecule has 3 heteroatoms. The summed E-state index contributed by atoms with van der Waals surface area (Å²) >= 11 is 0. The summed E-state index contributed by atoms with van der Waals surface area (Å²) in [6, 6.07) is 0.667. The molecule has 0 aliphatic carbocycles. The molecule has 0 bridgehead atoms. The van der Waals surface area contributed by atoms with E-state index in [9.17, 15) is 0 Å². The zero-order valence-corrected chi connectivity index (χ0v) is 8.50. The van der Waals surface area contributed by atoms with Crippen LogP contribution in [0.15, 0.2) is 0 Å². The highest BCUT2D eigenvalue weighted by Gasteiger charge is 2.27. The molecule has 0 amide bonds. The lowest BCUT2D eigenvalue weighted by Crippen LogP contribution is -2.57. The van der Waals surface area contributed by atoms with Crippen LogP contribution in [0.3, 0.4) is 0 Å². The summed E-state index contributed by atoms with van der Waals surface area (Å²) in [6.45, 7) is 6.83. The van der Waals surface area contributed by atoms with Gasteiger partial charge >= 0.3 is 0 Å². The molecule has 2 fully saturated rings. The van der Waals surface area contributed by atoms with Crippen LogP contribution >= 0.6 is 0 Å². The molecule has 3 nitrogen and oxygen atoms in total. The average molecular weight is 182 g/mol. The predicted molar refractivity (Wildman–Crippen MR) is 53.7 cm³/mol. The van der Waals surface area contributed by atoms with Gasteiger partial charge in [0.25, 0.3) is 0 Å². The van der Waals surface area contributed by atoms with E-state index >= 15 is 0 Å². The minimum absolute atomic E-state index is 0.533. The van der Waals surface area contributed by atoms with Gasteiger partial charge in [-0.3, -0.25) is 4.90 Å². The van der Waals surface area contributed by atoms with Crippen LogP contribution in [0.1, 0.15) is 26.2 Å². The highest BCUT2D eigenvalue weighted by atomic mass is 15.3. The van der Waals surface area contributed by atoms with Gasteiger partial charge in [-0.05, 0) is 26.2 Å². The quantitative estimate of drug-likeness (QED) is 0.636. The molecular formula is C10H20N3. The van der Waals surface area contributed by atoms with E-state index in [1.165, 1.54) is 25.8 Å². The minimum atomic E-state index is 0.533. The van der Waals surface area contributed by atoms with Crippen LogP contribution < -0.4 is 10.6 Å². The third-order valence-corrected chi connectivity index (χ3v) is 3.15. The Bertz CT molecular complexity index is 154. The maximum Gasteiger partial charge on any atom is 0.0763 e. The number of nitrogens with one attached hydrogen (secondary N) is 1. The van der Waals surface area contributed by atoms with E-state index in [2.05, 4.69) is 17.1 Å². The molecule has 1 N–H and O–H groups in total. The lowest BCUT2D eigenvalue weighted by molar-refractivity contribution is 0.0747. The Morgan fingerprint density at radius 3 is 3.00 bits per heavy atom. The number of nitrogens with zero attached hydrogens (tertiary/aromatic N) is 2. The fourth-order valence-electron chi connectivity index (χ4n) is 2.34. The van der Waals surface area contributed by atoms with Crippen molar-refractivity contribution in [2.45, 2.75) is 38.4 Å². The lowest BCUT2D eigenvalue weighted by Gasteiger charge is -2.41. The summed E-state index contributed by atoms with van der Waals surface area (Å²) in [5, 5.41) is 8.12. The van der Waals surface area contributed by atoms with E-state index in [1.807, 2.05) is 0 Å². The van der Waals surface area contributed by atoms with Gasteiger partial charge in [-0.15, -0.1) is 0 Å². The van der Waals surface area contributed by atoms with Crippen molar-refractivity contribution in [3.05, 3.63) is 0 Å². The zero-order valence-electron chi connectivity index (χ0n) is 8.50. The molecule has 0 saturated carbocycles. The summed E-state index contributed by atoms with van der Waals surface area (Å²) < 4.78 is 0. The van der Waals surface area contributed by atoms with Crippen molar-refractivity contribution in [1.29, 1.82) is 0 Å². The summed E-state index contributed by atoms with van der Waals surface area (Å²) in [4.78, 5) is 2.57. The fraction of sp³-hybridized carbons (Fsp3) is 1.00. The number of piperidine rings is 1. The first-order valence-electron chi connectivity index (χ1n) is 5.51. The van der Waals surface area contributed by atoms with Crippen molar-refractivity contribution in [1.82, 2.24) is 15.5 Å². The number of hydrogen-bond acceptors (Lipinski definition) is 2. The van der Waals surface area contributed by atoms with Gasteiger partial charge in [-0.2, -0.15) is 0 Å². The van der Waals surface area contributed by atoms with Gasteiger partial charge in [-0.25, -0.2) is 5.32 Å². The van der Waals surface area contributed by atoms with Crippen molar-refractivity contribution in [3.8, 4) is 0 Å². The van der Waals surface area contributed by atoms with Crippen LogP contribution in [0, 0.1) is 0 Å². The Morgan fingerprint density at radius 2 is 2.31 bits per heavy atom. The second kappa shape index (κ2) is 4.40. The third kappa shape index (κ3) is 2.22. The second-order valence-electron chi connectivity index (χ2n) is 4.17. The van der Waals surface area contributed by atoms with Crippen LogP contribution in [-0.2, 0) is 0 Å². The summed E-state index contributed by atoms with van der Waals surface area (Å²) in [5.74, 6) is 0. The zero-order chi connectivity index (χ0) is 9.10. The molecule has 0 aromatic rings. The van der Waals surface area contributed by atoms with Crippen molar-refractivity contribution in [2.75, 3.05) is 26.2 Å². The van der Waals surface area contributed by atoms with Crippen LogP contribution in [0.25, 0.3) is 0 Å². The second-order valence-corrected chi connectivity index (χ2v) is 4.17.